The average Bonchev–Trinajstić information content (AvgIpc) is 4.31. The van der Waals surface area contributed by atoms with Crippen molar-refractivity contribution in [3.63, 3.8) is 0 Å². The van der Waals surface area contributed by atoms with Gasteiger partial charge in [-0.05, 0) is 96.8 Å². The van der Waals surface area contributed by atoms with Crippen molar-refractivity contribution in [2.75, 3.05) is 47.0 Å². The van der Waals surface area contributed by atoms with Gasteiger partial charge in [0.05, 0.1) is 64.4 Å². The van der Waals surface area contributed by atoms with E-state index in [2.05, 4.69) is 42.8 Å². The number of hydrogen-bond donors (Lipinski definition) is 6. The SMILES string of the molecule is CCCCOC1(c2cccc(F)c2)CN(C(=O)[C@H](Cc2ccc(OC)cc2)NC(=O)[C@H](Cc2c[nH]cn2)NC(=O)c2ccccc2)C1.COc1ccc(C[C@H](NC(=O)CCc2c[nH]cn2)C(=O)N2CC(O)(C3CCCCC3)C2)cc1. The smallest absolute Gasteiger partial charge is 0.251 e. The molecule has 3 aliphatic rings. The lowest BCUT2D eigenvalue weighted by molar-refractivity contribution is -0.175. The maximum Gasteiger partial charge on any atom is 0.251 e. The minimum atomic E-state index is -1.02. The molecule has 2 saturated heterocycles. The van der Waals surface area contributed by atoms with Crippen molar-refractivity contribution in [3.8, 4) is 11.5 Å². The quantitative estimate of drug-likeness (QED) is 0.0363. The Labute approximate surface area is 466 Å². The van der Waals surface area contributed by atoms with Crippen molar-refractivity contribution in [2.24, 2.45) is 5.92 Å². The highest BCUT2D eigenvalue weighted by molar-refractivity contribution is 5.98. The van der Waals surface area contributed by atoms with Gasteiger partial charge in [-0.2, -0.15) is 0 Å². The van der Waals surface area contributed by atoms with Crippen LogP contribution in [-0.2, 0) is 55.2 Å². The van der Waals surface area contributed by atoms with E-state index in [1.807, 2.05) is 42.5 Å². The second kappa shape index (κ2) is 27.8. The first kappa shape index (κ1) is 58.3. The number of halogens is 1. The van der Waals surface area contributed by atoms with Crippen molar-refractivity contribution in [1.82, 2.24) is 45.7 Å². The summed E-state index contributed by atoms with van der Waals surface area (Å²) in [4.78, 5) is 84.6. The van der Waals surface area contributed by atoms with Crippen LogP contribution in [0.1, 0.15) is 96.7 Å². The molecule has 2 aliphatic heterocycles. The summed E-state index contributed by atoms with van der Waals surface area (Å²) in [6.07, 6.45) is 15.3. The summed E-state index contributed by atoms with van der Waals surface area (Å²) in [5.74, 6) is -0.304. The van der Waals surface area contributed by atoms with Gasteiger partial charge >= 0.3 is 0 Å². The van der Waals surface area contributed by atoms with Crippen molar-refractivity contribution in [2.45, 2.75) is 113 Å². The van der Waals surface area contributed by atoms with Gasteiger partial charge in [0, 0.05) is 50.2 Å². The Hall–Kier alpha value is -7.90. The number of nitrogens with one attached hydrogen (secondary N) is 5. The second-order valence-corrected chi connectivity index (χ2v) is 21.0. The van der Waals surface area contributed by atoms with Crippen LogP contribution in [0.15, 0.2) is 128 Å². The van der Waals surface area contributed by atoms with Crippen molar-refractivity contribution in [3.05, 3.63) is 168 Å². The van der Waals surface area contributed by atoms with E-state index in [0.717, 1.165) is 61.1 Å². The Bertz CT molecular complexity index is 2930. The average molecular weight is 1100 g/mol. The van der Waals surface area contributed by atoms with Crippen molar-refractivity contribution in [1.29, 1.82) is 0 Å². The van der Waals surface area contributed by atoms with Crippen LogP contribution in [0.4, 0.5) is 4.39 Å². The number of aromatic nitrogens is 4. The molecule has 19 heteroatoms. The minimum Gasteiger partial charge on any atom is -0.497 e. The molecule has 1 aliphatic carbocycles. The monoisotopic (exact) mass is 1100 g/mol. The number of aryl methyl sites for hydroxylation is 1. The fourth-order valence-electron chi connectivity index (χ4n) is 10.6. The number of imidazole rings is 2. The molecule has 0 radical (unpaired) electrons. The zero-order chi connectivity index (χ0) is 56.5. The molecule has 6 N–H and O–H groups in total. The highest BCUT2D eigenvalue weighted by Crippen LogP contribution is 2.39. The lowest BCUT2D eigenvalue weighted by atomic mass is 9.72. The number of amides is 5. The van der Waals surface area contributed by atoms with Crippen molar-refractivity contribution >= 4 is 29.5 Å². The van der Waals surface area contributed by atoms with Gasteiger partial charge in [0.2, 0.25) is 23.6 Å². The predicted molar refractivity (Wildman–Crippen MR) is 298 cm³/mol. The maximum absolute atomic E-state index is 14.3. The summed E-state index contributed by atoms with van der Waals surface area (Å²) in [6, 6.07) is 27.0. The molecule has 3 atom stereocenters. The highest BCUT2D eigenvalue weighted by Gasteiger charge is 2.51. The number of carbonyl (C=O) groups excluding carboxylic acids is 5. The number of unbranched alkanes of at least 4 members (excludes halogenated alkanes) is 1. The molecule has 1 saturated carbocycles. The van der Waals surface area contributed by atoms with Crippen LogP contribution in [0, 0.1) is 11.7 Å². The van der Waals surface area contributed by atoms with Crippen LogP contribution >= 0.6 is 0 Å². The zero-order valence-corrected chi connectivity index (χ0v) is 45.8. The van der Waals surface area contributed by atoms with Crippen LogP contribution in [0.2, 0.25) is 0 Å². The highest BCUT2D eigenvalue weighted by atomic mass is 19.1. The van der Waals surface area contributed by atoms with Crippen molar-refractivity contribution < 1.29 is 47.7 Å². The first-order chi connectivity index (χ1) is 38.8. The van der Waals surface area contributed by atoms with E-state index in [-0.39, 0.29) is 61.8 Å². The van der Waals surface area contributed by atoms with E-state index in [4.69, 9.17) is 14.2 Å². The number of aromatic amines is 2. The number of hydrogen-bond acceptors (Lipinski definition) is 11. The Morgan fingerprint density at radius 3 is 1.85 bits per heavy atom. The van der Waals surface area contributed by atoms with Crippen LogP contribution in [-0.4, -0.2) is 135 Å². The number of likely N-dealkylation sites (tertiary alicyclic amines) is 2. The summed E-state index contributed by atoms with van der Waals surface area (Å²) in [5, 5.41) is 19.7. The molecule has 0 spiro atoms. The lowest BCUT2D eigenvalue weighted by Crippen LogP contribution is -2.69. The molecule has 6 aromatic rings. The largest absolute Gasteiger partial charge is 0.497 e. The number of rotatable bonds is 24. The number of aliphatic hydroxyl groups is 1. The van der Waals surface area contributed by atoms with Crippen LogP contribution < -0.4 is 25.4 Å². The number of ether oxygens (including phenoxy) is 3. The van der Waals surface area contributed by atoms with E-state index < -0.39 is 41.1 Å². The first-order valence-corrected chi connectivity index (χ1v) is 27.6. The Morgan fingerprint density at radius 1 is 0.700 bits per heavy atom. The number of H-pyrrole nitrogens is 2. The standard InChI is InChI=1S/C36H40FN5O5.C25H34N4O4/c1-3-4-17-47-36(27-11-8-12-28(37)19-27)22-42(23-36)35(45)32(18-25-13-15-30(46-2)16-14-25)41-34(44)31(20-29-21-38-24-39-29)40-33(43)26-9-6-5-7-10-26;1-33-21-10-7-18(8-11-21)13-22(28-23(30)12-9-20-14-26-17-27-20)24(31)29-15-25(32,16-29)19-5-3-2-4-6-19/h5-16,19,21,24,31-32H,3-4,17-18,20,22-23H2,1-2H3,(H,38,39)(H,40,43)(H,41,44);7-8,10-11,14,17,19,22,32H,2-6,9,12-13,15-16H2,1H3,(H,26,27)(H,28,30)/t31-,32-;22-/m00/s1. The van der Waals surface area contributed by atoms with Gasteiger partial charge < -0.3 is 55.0 Å². The van der Waals surface area contributed by atoms with Crippen LogP contribution in [0.5, 0.6) is 11.5 Å². The molecule has 5 amide bonds. The number of nitrogens with zero attached hydrogens (tertiary/aromatic N) is 4. The van der Waals surface area contributed by atoms with E-state index in [1.165, 1.54) is 24.9 Å². The predicted octanol–water partition coefficient (Wildman–Crippen LogP) is 6.41. The third kappa shape index (κ3) is 15.5. The topological polar surface area (TPSA) is 233 Å². The minimum absolute atomic E-state index is 0.106. The number of carbonyl (C=O) groups is 5. The Morgan fingerprint density at radius 2 is 1.29 bits per heavy atom. The van der Waals surface area contributed by atoms with Gasteiger partial charge in [-0.3, -0.25) is 24.0 Å². The van der Waals surface area contributed by atoms with Gasteiger partial charge in [-0.25, -0.2) is 14.4 Å². The third-order valence-corrected chi connectivity index (χ3v) is 15.3. The fourth-order valence-corrected chi connectivity index (χ4v) is 10.6. The summed E-state index contributed by atoms with van der Waals surface area (Å²) >= 11 is 0. The van der Waals surface area contributed by atoms with E-state index in [9.17, 15) is 33.5 Å². The number of β-amino-alcohol motifs (C(OH)–C–C–N with tert-alkyl or cyclic N) is 1. The fraction of sp³-hybridized carbons (Fsp3) is 0.426. The van der Waals surface area contributed by atoms with E-state index in [0.29, 0.717) is 55.1 Å². The molecule has 9 rings (SSSR count). The Balaban J connectivity index is 0.000000223. The van der Waals surface area contributed by atoms with Crippen LogP contribution in [0.25, 0.3) is 0 Å². The van der Waals surface area contributed by atoms with E-state index in [1.54, 1.807) is 91.3 Å². The van der Waals surface area contributed by atoms with Gasteiger partial charge in [-0.15, -0.1) is 0 Å². The molecule has 3 fully saturated rings. The molecule has 4 heterocycles. The molecule has 18 nitrogen and oxygen atoms in total. The van der Waals surface area contributed by atoms with E-state index >= 15 is 0 Å². The molecule has 0 bridgehead atoms. The Kier molecular flexibility index (Phi) is 20.2. The van der Waals surface area contributed by atoms with Gasteiger partial charge in [-0.1, -0.05) is 87.2 Å². The molecular formula is C61H74FN9O9. The zero-order valence-electron chi connectivity index (χ0n) is 45.8. The van der Waals surface area contributed by atoms with Crippen LogP contribution in [0.3, 0.4) is 0 Å². The second-order valence-electron chi connectivity index (χ2n) is 21.0. The summed E-state index contributed by atoms with van der Waals surface area (Å²) in [7, 11) is 3.18. The third-order valence-electron chi connectivity index (χ3n) is 15.3. The normalized spacial score (nSPS) is 16.5. The van der Waals surface area contributed by atoms with Gasteiger partial charge in [0.1, 0.15) is 46.6 Å². The molecule has 424 valence electrons. The van der Waals surface area contributed by atoms with Gasteiger partial charge in [0.25, 0.3) is 5.91 Å². The maximum atomic E-state index is 14.3. The molecule has 0 unspecified atom stereocenters. The summed E-state index contributed by atoms with van der Waals surface area (Å²) in [6.45, 7) is 3.63. The molecular weight excluding hydrogens is 1020 g/mol. The number of methoxy groups -OCH3 is 2. The molecule has 2 aromatic heterocycles. The molecule has 4 aromatic carbocycles. The summed E-state index contributed by atoms with van der Waals surface area (Å²) < 4.78 is 31.0. The first-order valence-electron chi connectivity index (χ1n) is 27.6. The lowest BCUT2D eigenvalue weighted by Gasteiger charge is -2.52. The summed E-state index contributed by atoms with van der Waals surface area (Å²) in [5.41, 5.74) is 2.54. The number of benzene rings is 4. The van der Waals surface area contributed by atoms with Gasteiger partial charge in [0.15, 0.2) is 0 Å². The molecule has 80 heavy (non-hydrogen) atoms.